The molecule has 0 saturated carbocycles. The number of esters is 1. The van der Waals surface area contributed by atoms with E-state index in [2.05, 4.69) is 4.74 Å². The lowest BCUT2D eigenvalue weighted by molar-refractivity contribution is -0.140. The highest BCUT2D eigenvalue weighted by Crippen LogP contribution is 2.03. The van der Waals surface area contributed by atoms with Gasteiger partial charge in [-0.1, -0.05) is 34.8 Å². The first-order chi connectivity index (χ1) is 6.23. The van der Waals surface area contributed by atoms with Gasteiger partial charge in [-0.2, -0.15) is 0 Å². The predicted molar refractivity (Wildman–Crippen MR) is 60.0 cm³/mol. The van der Waals surface area contributed by atoms with Gasteiger partial charge in [0, 0.05) is 6.92 Å². The van der Waals surface area contributed by atoms with Crippen molar-refractivity contribution in [3.63, 3.8) is 0 Å². The molecule has 86 valence electrons. The standard InChI is InChI=1S/C4H8O2.C3H6O.CHCl3/c1-3-6-4(2)5;1-3(2)4;2-1(3)4/h3H2,1-2H3;1-2H3;1H. The van der Waals surface area contributed by atoms with Crippen molar-refractivity contribution < 1.29 is 14.3 Å². The van der Waals surface area contributed by atoms with Gasteiger partial charge in [0.25, 0.3) is 0 Å². The first-order valence-electron chi connectivity index (χ1n) is 3.76. The van der Waals surface area contributed by atoms with Crippen LogP contribution in [0, 0.1) is 0 Å². The van der Waals surface area contributed by atoms with E-state index in [9.17, 15) is 9.59 Å². The van der Waals surface area contributed by atoms with Crippen LogP contribution in [0.2, 0.25) is 0 Å². The number of carbonyl (C=O) groups excluding carboxylic acids is 2. The second-order valence-electron chi connectivity index (χ2n) is 2.08. The summed E-state index contributed by atoms with van der Waals surface area (Å²) in [5.41, 5.74) is 0. The molecule has 0 aliphatic heterocycles. The summed E-state index contributed by atoms with van der Waals surface area (Å²) in [4.78, 5) is 19.3. The van der Waals surface area contributed by atoms with Crippen LogP contribution < -0.4 is 0 Å². The summed E-state index contributed by atoms with van der Waals surface area (Å²) in [7, 11) is 0. The molecule has 0 bridgehead atoms. The van der Waals surface area contributed by atoms with Crippen molar-refractivity contribution in [1.29, 1.82) is 0 Å². The van der Waals surface area contributed by atoms with Gasteiger partial charge >= 0.3 is 5.97 Å². The Labute approximate surface area is 99.7 Å². The Bertz CT molecular complexity index is 142. The molecule has 0 aliphatic carbocycles. The molecule has 0 aliphatic rings. The van der Waals surface area contributed by atoms with E-state index in [1.54, 1.807) is 6.92 Å². The van der Waals surface area contributed by atoms with Gasteiger partial charge in [-0.15, -0.1) is 0 Å². The van der Waals surface area contributed by atoms with E-state index < -0.39 is 4.30 Å². The fourth-order valence-corrected chi connectivity index (χ4v) is 0.203. The van der Waals surface area contributed by atoms with Gasteiger partial charge in [0.2, 0.25) is 0 Å². The Hall–Kier alpha value is 0.01000. The summed E-state index contributed by atoms with van der Waals surface area (Å²) in [6, 6.07) is 0. The van der Waals surface area contributed by atoms with Gasteiger partial charge in [-0.3, -0.25) is 4.79 Å². The molecule has 0 saturated heterocycles. The molecule has 0 amide bonds. The zero-order chi connectivity index (χ0) is 12.1. The second-order valence-corrected chi connectivity index (χ2v) is 4.06. The SMILES string of the molecule is CC(C)=O.CCOC(C)=O.ClC(Cl)Cl. The summed E-state index contributed by atoms with van der Waals surface area (Å²) in [6.07, 6.45) is 0. The van der Waals surface area contributed by atoms with Crippen LogP contribution in [0.1, 0.15) is 27.7 Å². The Balaban J connectivity index is -0.000000135. The summed E-state index contributed by atoms with van der Waals surface area (Å²) < 4.78 is 3.65. The molecule has 0 aromatic heterocycles. The van der Waals surface area contributed by atoms with Crippen LogP contribution in [0.4, 0.5) is 0 Å². The van der Waals surface area contributed by atoms with Gasteiger partial charge in [-0.05, 0) is 20.8 Å². The maximum atomic E-state index is 9.82. The third kappa shape index (κ3) is 161. The monoisotopic (exact) mass is 264 g/mol. The first-order valence-corrected chi connectivity index (χ1v) is 5.07. The molecule has 0 spiro atoms. The zero-order valence-corrected chi connectivity index (χ0v) is 10.9. The molecule has 0 heterocycles. The lowest BCUT2D eigenvalue weighted by Crippen LogP contribution is -1.95. The number of ether oxygens (including phenoxy) is 1. The van der Waals surface area contributed by atoms with Crippen LogP contribution in [-0.4, -0.2) is 22.7 Å². The third-order valence-electron chi connectivity index (χ3n) is 0.348. The predicted octanol–water partition coefficient (Wildman–Crippen LogP) is 3.15. The van der Waals surface area contributed by atoms with Gasteiger partial charge in [0.05, 0.1) is 6.61 Å². The lowest BCUT2D eigenvalue weighted by atomic mass is 10.6. The van der Waals surface area contributed by atoms with Gasteiger partial charge in [0.15, 0.2) is 4.30 Å². The average molecular weight is 266 g/mol. The van der Waals surface area contributed by atoms with E-state index in [-0.39, 0.29) is 11.8 Å². The summed E-state index contributed by atoms with van der Waals surface area (Å²) >= 11 is 14.4. The van der Waals surface area contributed by atoms with Crippen LogP contribution in [0.15, 0.2) is 0 Å². The number of alkyl halides is 3. The maximum Gasteiger partial charge on any atom is 0.302 e. The van der Waals surface area contributed by atoms with Crippen molar-refractivity contribution in [2.24, 2.45) is 0 Å². The molecule has 0 N–H and O–H groups in total. The van der Waals surface area contributed by atoms with E-state index in [4.69, 9.17) is 34.8 Å². The van der Waals surface area contributed by atoms with Gasteiger partial charge in [0.1, 0.15) is 5.78 Å². The molecule has 0 fully saturated rings. The molecule has 0 aromatic carbocycles. The quantitative estimate of drug-likeness (QED) is 0.540. The minimum Gasteiger partial charge on any atom is -0.466 e. The Kier molecular flexibility index (Phi) is 21.6. The van der Waals surface area contributed by atoms with Crippen molar-refractivity contribution in [1.82, 2.24) is 0 Å². The van der Waals surface area contributed by atoms with Crippen LogP contribution in [0.5, 0.6) is 0 Å². The van der Waals surface area contributed by atoms with E-state index >= 15 is 0 Å². The summed E-state index contributed by atoms with van der Waals surface area (Å²) in [5, 5.41) is 0. The van der Waals surface area contributed by atoms with E-state index in [1.165, 1.54) is 20.8 Å². The van der Waals surface area contributed by atoms with Crippen LogP contribution in [0.25, 0.3) is 0 Å². The van der Waals surface area contributed by atoms with Crippen molar-refractivity contribution in [3.05, 3.63) is 0 Å². The smallest absolute Gasteiger partial charge is 0.302 e. The molecular weight excluding hydrogens is 250 g/mol. The molecule has 0 rings (SSSR count). The number of hydrogen-bond donors (Lipinski definition) is 0. The summed E-state index contributed by atoms with van der Waals surface area (Å²) in [6.45, 7) is 6.71. The number of halogens is 3. The fourth-order valence-electron chi connectivity index (χ4n) is 0.203. The average Bonchev–Trinajstić information content (AvgIpc) is 1.82. The molecular formula is C8H15Cl3O3. The molecule has 0 atom stereocenters. The minimum absolute atomic E-state index is 0.167. The van der Waals surface area contributed by atoms with E-state index in [1.807, 2.05) is 0 Å². The number of ketones is 1. The minimum atomic E-state index is -0.750. The number of rotatable bonds is 1. The van der Waals surface area contributed by atoms with E-state index in [0.29, 0.717) is 6.61 Å². The summed E-state index contributed by atoms with van der Waals surface area (Å²) in [5.74, 6) is -0.0440. The van der Waals surface area contributed by atoms with Crippen molar-refractivity contribution in [2.75, 3.05) is 6.61 Å². The highest BCUT2D eigenvalue weighted by molar-refractivity contribution is 6.63. The fraction of sp³-hybridized carbons (Fsp3) is 0.750. The highest BCUT2D eigenvalue weighted by atomic mass is 35.6. The van der Waals surface area contributed by atoms with Gasteiger partial charge in [-0.25, -0.2) is 0 Å². The molecule has 3 nitrogen and oxygen atoms in total. The zero-order valence-electron chi connectivity index (χ0n) is 8.64. The molecule has 0 aromatic rings. The normalized spacial score (nSPS) is 7.71. The number of Topliss-reactive ketones (excluding diaryl/α,β-unsaturated/α-hetero) is 1. The highest BCUT2D eigenvalue weighted by Gasteiger charge is 1.81. The van der Waals surface area contributed by atoms with Crippen LogP contribution in [-0.2, 0) is 14.3 Å². The van der Waals surface area contributed by atoms with Crippen molar-refractivity contribution in [3.8, 4) is 0 Å². The third-order valence-corrected chi connectivity index (χ3v) is 0.348. The molecule has 0 radical (unpaired) electrons. The molecule has 6 heteroatoms. The topological polar surface area (TPSA) is 43.4 Å². The largest absolute Gasteiger partial charge is 0.466 e. The van der Waals surface area contributed by atoms with Crippen molar-refractivity contribution >= 4 is 46.6 Å². The second kappa shape index (κ2) is 15.5. The first kappa shape index (κ1) is 19.6. The molecule has 0 unspecified atom stereocenters. The Morgan fingerprint density at radius 3 is 1.36 bits per heavy atom. The molecule has 14 heavy (non-hydrogen) atoms. The Morgan fingerprint density at radius 2 is 1.36 bits per heavy atom. The van der Waals surface area contributed by atoms with Crippen LogP contribution in [0.3, 0.4) is 0 Å². The number of hydrogen-bond acceptors (Lipinski definition) is 3. The maximum absolute atomic E-state index is 9.82. The van der Waals surface area contributed by atoms with Crippen LogP contribution >= 0.6 is 34.8 Å². The van der Waals surface area contributed by atoms with E-state index in [0.717, 1.165) is 0 Å². The number of carbonyl (C=O) groups is 2. The Morgan fingerprint density at radius 1 is 1.14 bits per heavy atom. The van der Waals surface area contributed by atoms with Gasteiger partial charge < -0.3 is 9.53 Å². The van der Waals surface area contributed by atoms with Crippen molar-refractivity contribution in [2.45, 2.75) is 32.0 Å². The lowest BCUT2D eigenvalue weighted by Gasteiger charge is -1.89.